The van der Waals surface area contributed by atoms with Crippen LogP contribution in [0.25, 0.3) is 0 Å². The first-order valence-corrected chi connectivity index (χ1v) is 10.1. The average Bonchev–Trinajstić information content (AvgIpc) is 3.30. The Bertz CT molecular complexity index is 669. The van der Waals surface area contributed by atoms with Crippen LogP contribution >= 0.6 is 0 Å². The molecule has 1 aromatic rings. The standard InChI is InChI=1S/C20H30N4O2/c1-16-12-21-23(13-16)14-19(26)22-10-8-20(9-11-22)7-6-18(25)24(15-20)17-4-2-3-5-17/h12-13,17H,2-11,14-15H2,1H3. The van der Waals surface area contributed by atoms with Crippen molar-refractivity contribution in [1.82, 2.24) is 19.6 Å². The van der Waals surface area contributed by atoms with E-state index in [1.807, 2.05) is 18.0 Å². The molecule has 0 atom stereocenters. The quantitative estimate of drug-likeness (QED) is 0.833. The Balaban J connectivity index is 1.34. The van der Waals surface area contributed by atoms with Crippen LogP contribution in [0.5, 0.6) is 0 Å². The molecule has 26 heavy (non-hydrogen) atoms. The van der Waals surface area contributed by atoms with Gasteiger partial charge in [0, 0.05) is 38.3 Å². The molecule has 6 nitrogen and oxygen atoms in total. The summed E-state index contributed by atoms with van der Waals surface area (Å²) in [4.78, 5) is 29.2. The molecule has 3 fully saturated rings. The fourth-order valence-corrected chi connectivity index (χ4v) is 5.02. The van der Waals surface area contributed by atoms with E-state index in [-0.39, 0.29) is 11.3 Å². The van der Waals surface area contributed by atoms with Gasteiger partial charge in [-0.1, -0.05) is 12.8 Å². The predicted molar refractivity (Wildman–Crippen MR) is 98.4 cm³/mol. The summed E-state index contributed by atoms with van der Waals surface area (Å²) in [6, 6.07) is 0.474. The van der Waals surface area contributed by atoms with Crippen LogP contribution in [-0.2, 0) is 16.1 Å². The van der Waals surface area contributed by atoms with E-state index in [2.05, 4.69) is 10.00 Å². The number of likely N-dealkylation sites (tertiary alicyclic amines) is 2. The van der Waals surface area contributed by atoms with E-state index in [0.717, 1.165) is 44.5 Å². The van der Waals surface area contributed by atoms with E-state index in [9.17, 15) is 9.59 Å². The Labute approximate surface area is 155 Å². The Morgan fingerprint density at radius 2 is 1.96 bits per heavy atom. The summed E-state index contributed by atoms with van der Waals surface area (Å²) in [5.74, 6) is 0.512. The van der Waals surface area contributed by atoms with Gasteiger partial charge in [0.05, 0.1) is 6.20 Å². The maximum Gasteiger partial charge on any atom is 0.244 e. The second kappa shape index (κ2) is 7.05. The summed E-state index contributed by atoms with van der Waals surface area (Å²) >= 11 is 0. The van der Waals surface area contributed by atoms with Crippen LogP contribution < -0.4 is 0 Å². The van der Waals surface area contributed by atoms with Crippen LogP contribution in [0.1, 0.15) is 56.9 Å². The van der Waals surface area contributed by atoms with Crippen molar-refractivity contribution < 1.29 is 9.59 Å². The minimum Gasteiger partial charge on any atom is -0.341 e. The second-order valence-electron chi connectivity index (χ2n) is 8.56. The van der Waals surface area contributed by atoms with Crippen LogP contribution in [-0.4, -0.2) is 57.1 Å². The maximum atomic E-state index is 12.6. The number of amides is 2. The van der Waals surface area contributed by atoms with E-state index in [1.165, 1.54) is 25.7 Å². The minimum atomic E-state index is 0.155. The van der Waals surface area contributed by atoms with E-state index in [0.29, 0.717) is 24.9 Å². The lowest BCUT2D eigenvalue weighted by atomic mass is 9.72. The first-order valence-electron chi connectivity index (χ1n) is 10.1. The summed E-state index contributed by atoms with van der Waals surface area (Å²) in [6.45, 7) is 4.85. The molecule has 142 valence electrons. The zero-order valence-corrected chi connectivity index (χ0v) is 15.8. The number of hydrogen-bond donors (Lipinski definition) is 0. The Kier molecular flexibility index (Phi) is 4.76. The Morgan fingerprint density at radius 1 is 1.23 bits per heavy atom. The molecular formula is C20H30N4O2. The molecule has 6 heteroatoms. The molecule has 3 heterocycles. The molecule has 3 aliphatic rings. The number of carbonyl (C=O) groups is 2. The second-order valence-corrected chi connectivity index (χ2v) is 8.56. The lowest BCUT2D eigenvalue weighted by Crippen LogP contribution is -2.54. The number of carbonyl (C=O) groups excluding carboxylic acids is 2. The molecular weight excluding hydrogens is 328 g/mol. The van der Waals surface area contributed by atoms with Crippen LogP contribution in [0, 0.1) is 12.3 Å². The first-order chi connectivity index (χ1) is 12.5. The van der Waals surface area contributed by atoms with Gasteiger partial charge in [0.2, 0.25) is 11.8 Å². The van der Waals surface area contributed by atoms with E-state index >= 15 is 0 Å². The van der Waals surface area contributed by atoms with Crippen molar-refractivity contribution in [2.24, 2.45) is 5.41 Å². The molecule has 2 aliphatic heterocycles. The van der Waals surface area contributed by atoms with Gasteiger partial charge >= 0.3 is 0 Å². The van der Waals surface area contributed by atoms with Gasteiger partial charge in [0.25, 0.3) is 0 Å². The van der Waals surface area contributed by atoms with E-state index < -0.39 is 0 Å². The normalized spacial score (nSPS) is 23.8. The zero-order valence-electron chi connectivity index (χ0n) is 15.8. The molecule has 0 bridgehead atoms. The summed E-state index contributed by atoms with van der Waals surface area (Å²) < 4.78 is 1.73. The highest BCUT2D eigenvalue weighted by Gasteiger charge is 2.43. The molecule has 0 radical (unpaired) electrons. The summed E-state index contributed by atoms with van der Waals surface area (Å²) in [5, 5.41) is 4.22. The van der Waals surface area contributed by atoms with Gasteiger partial charge in [-0.3, -0.25) is 14.3 Å². The number of piperidine rings is 2. The van der Waals surface area contributed by atoms with Crippen LogP contribution in [0.3, 0.4) is 0 Å². The Hall–Kier alpha value is -1.85. The molecule has 1 spiro atoms. The first kappa shape index (κ1) is 17.6. The fourth-order valence-electron chi connectivity index (χ4n) is 5.02. The van der Waals surface area contributed by atoms with Crippen molar-refractivity contribution in [2.75, 3.05) is 19.6 Å². The number of nitrogens with zero attached hydrogens (tertiary/aromatic N) is 4. The van der Waals surface area contributed by atoms with Crippen molar-refractivity contribution in [3.05, 3.63) is 18.0 Å². The van der Waals surface area contributed by atoms with Crippen LogP contribution in [0.15, 0.2) is 12.4 Å². The smallest absolute Gasteiger partial charge is 0.244 e. The van der Waals surface area contributed by atoms with Crippen molar-refractivity contribution >= 4 is 11.8 Å². The van der Waals surface area contributed by atoms with Gasteiger partial charge in [0.1, 0.15) is 6.54 Å². The van der Waals surface area contributed by atoms with Crippen molar-refractivity contribution in [2.45, 2.75) is 70.9 Å². The summed E-state index contributed by atoms with van der Waals surface area (Å²) in [6.07, 6.45) is 12.3. The van der Waals surface area contributed by atoms with Crippen molar-refractivity contribution in [3.8, 4) is 0 Å². The third-order valence-electron chi connectivity index (χ3n) is 6.70. The number of rotatable bonds is 3. The zero-order chi connectivity index (χ0) is 18.1. The summed E-state index contributed by atoms with van der Waals surface area (Å²) in [5.41, 5.74) is 1.31. The molecule has 0 aromatic carbocycles. The third kappa shape index (κ3) is 3.51. The topological polar surface area (TPSA) is 58.4 Å². The molecule has 0 unspecified atom stereocenters. The molecule has 1 aromatic heterocycles. The highest BCUT2D eigenvalue weighted by molar-refractivity contribution is 5.78. The molecule has 1 aliphatic carbocycles. The molecule has 2 amide bonds. The molecule has 1 saturated carbocycles. The van der Waals surface area contributed by atoms with E-state index in [1.54, 1.807) is 10.9 Å². The average molecular weight is 358 g/mol. The third-order valence-corrected chi connectivity index (χ3v) is 6.70. The van der Waals surface area contributed by atoms with Crippen molar-refractivity contribution in [3.63, 3.8) is 0 Å². The fraction of sp³-hybridized carbons (Fsp3) is 0.750. The number of aromatic nitrogens is 2. The highest BCUT2D eigenvalue weighted by atomic mass is 16.2. The van der Waals surface area contributed by atoms with Crippen molar-refractivity contribution in [1.29, 1.82) is 0 Å². The highest BCUT2D eigenvalue weighted by Crippen LogP contribution is 2.42. The van der Waals surface area contributed by atoms with Gasteiger partial charge in [-0.2, -0.15) is 5.10 Å². The lowest BCUT2D eigenvalue weighted by Gasteiger charge is -2.49. The van der Waals surface area contributed by atoms with Gasteiger partial charge in [0.15, 0.2) is 0 Å². The largest absolute Gasteiger partial charge is 0.341 e. The monoisotopic (exact) mass is 358 g/mol. The van der Waals surface area contributed by atoms with Crippen LogP contribution in [0.2, 0.25) is 0 Å². The number of hydrogen-bond acceptors (Lipinski definition) is 3. The predicted octanol–water partition coefficient (Wildman–Crippen LogP) is 2.37. The van der Waals surface area contributed by atoms with Gasteiger partial charge in [-0.15, -0.1) is 0 Å². The summed E-state index contributed by atoms with van der Waals surface area (Å²) in [7, 11) is 0. The SMILES string of the molecule is Cc1cnn(CC(=O)N2CCC3(CCC(=O)N(C4CCCC4)C3)CC2)c1. The van der Waals surface area contributed by atoms with Gasteiger partial charge in [-0.25, -0.2) is 0 Å². The molecule has 0 N–H and O–H groups in total. The van der Waals surface area contributed by atoms with Gasteiger partial charge < -0.3 is 9.80 Å². The minimum absolute atomic E-state index is 0.155. The number of aryl methyl sites for hydroxylation is 1. The molecule has 2 saturated heterocycles. The lowest BCUT2D eigenvalue weighted by molar-refractivity contribution is -0.145. The van der Waals surface area contributed by atoms with Gasteiger partial charge in [-0.05, 0) is 50.0 Å². The van der Waals surface area contributed by atoms with E-state index in [4.69, 9.17) is 0 Å². The Morgan fingerprint density at radius 3 is 2.62 bits per heavy atom. The maximum absolute atomic E-state index is 12.6. The van der Waals surface area contributed by atoms with Crippen LogP contribution in [0.4, 0.5) is 0 Å². The molecule has 4 rings (SSSR count).